The highest BCUT2D eigenvalue weighted by molar-refractivity contribution is 6.32. The molecule has 2 N–H and O–H groups in total. The van der Waals surface area contributed by atoms with Crippen LogP contribution >= 0.6 is 11.6 Å². The first-order chi connectivity index (χ1) is 19.6. The summed E-state index contributed by atoms with van der Waals surface area (Å²) < 4.78 is 53.7. The molecule has 1 fully saturated rings. The quantitative estimate of drug-likeness (QED) is 0.372. The van der Waals surface area contributed by atoms with Crippen LogP contribution in [0.1, 0.15) is 35.3 Å². The van der Waals surface area contributed by atoms with Gasteiger partial charge in [0.1, 0.15) is 18.2 Å². The van der Waals surface area contributed by atoms with Crippen LogP contribution in [-0.4, -0.2) is 71.0 Å². The van der Waals surface area contributed by atoms with E-state index in [2.05, 4.69) is 32.4 Å². The first-order valence-electron chi connectivity index (χ1n) is 13.3. The molecule has 1 atom stereocenters. The number of alkyl halides is 3. The third kappa shape index (κ3) is 6.83. The number of ether oxygens (including phenoxy) is 2. The number of amides is 1. The van der Waals surface area contributed by atoms with Crippen LogP contribution in [0, 0.1) is 0 Å². The Labute approximate surface area is 240 Å². The summed E-state index contributed by atoms with van der Waals surface area (Å²) in [5.74, 6) is 0.375. The number of rotatable bonds is 7. The van der Waals surface area contributed by atoms with E-state index in [4.69, 9.17) is 21.1 Å². The molecule has 2 aromatic carbocycles. The Bertz CT molecular complexity index is 1420. The lowest BCUT2D eigenvalue weighted by Crippen LogP contribution is -2.45. The highest BCUT2D eigenvalue weighted by Crippen LogP contribution is 2.39. The van der Waals surface area contributed by atoms with E-state index in [0.29, 0.717) is 31.2 Å². The molecule has 5 rings (SSSR count). The lowest BCUT2D eigenvalue weighted by molar-refractivity contribution is -0.138. The summed E-state index contributed by atoms with van der Waals surface area (Å²) >= 11 is 6.32. The molecule has 0 bridgehead atoms. The third-order valence-electron chi connectivity index (χ3n) is 7.03. The molecule has 0 radical (unpaired) electrons. The van der Waals surface area contributed by atoms with Crippen molar-refractivity contribution in [3.8, 4) is 17.4 Å². The van der Waals surface area contributed by atoms with E-state index in [-0.39, 0.29) is 46.1 Å². The molecule has 3 aromatic rings. The van der Waals surface area contributed by atoms with Gasteiger partial charge < -0.3 is 25.0 Å². The Kier molecular flexibility index (Phi) is 8.52. The van der Waals surface area contributed by atoms with Gasteiger partial charge >= 0.3 is 6.18 Å². The molecular formula is C28H30ClF3N6O3. The smallest absolute Gasteiger partial charge is 0.416 e. The Morgan fingerprint density at radius 2 is 1.90 bits per heavy atom. The van der Waals surface area contributed by atoms with Gasteiger partial charge in [0, 0.05) is 44.0 Å². The monoisotopic (exact) mass is 590 g/mol. The summed E-state index contributed by atoms with van der Waals surface area (Å²) in [6.07, 6.45) is -3.42. The van der Waals surface area contributed by atoms with Crippen LogP contribution in [0.15, 0.2) is 42.7 Å². The van der Waals surface area contributed by atoms with Gasteiger partial charge in [0.05, 0.1) is 17.1 Å². The largest absolute Gasteiger partial charge is 0.480 e. The highest BCUT2D eigenvalue weighted by Gasteiger charge is 2.34. The van der Waals surface area contributed by atoms with Crippen LogP contribution in [0.25, 0.3) is 0 Å². The van der Waals surface area contributed by atoms with Crippen molar-refractivity contribution < 1.29 is 27.4 Å². The number of carbonyl (C=O) groups excluding carboxylic acids is 1. The summed E-state index contributed by atoms with van der Waals surface area (Å²) in [5, 5.41) is 5.88. The van der Waals surface area contributed by atoms with Crippen LogP contribution < -0.4 is 20.1 Å². The van der Waals surface area contributed by atoms with Crippen molar-refractivity contribution >= 4 is 29.0 Å². The molecule has 0 aliphatic carbocycles. The third-order valence-corrected chi connectivity index (χ3v) is 7.34. The maximum absolute atomic E-state index is 14.0. The molecule has 2 aliphatic rings. The number of carbonyl (C=O) groups is 1. The van der Waals surface area contributed by atoms with Crippen LogP contribution in [0.4, 0.5) is 24.7 Å². The van der Waals surface area contributed by atoms with Crippen molar-refractivity contribution in [1.29, 1.82) is 0 Å². The van der Waals surface area contributed by atoms with E-state index in [1.165, 1.54) is 36.7 Å². The second-order valence-corrected chi connectivity index (χ2v) is 10.4. The van der Waals surface area contributed by atoms with E-state index in [1.807, 2.05) is 11.8 Å². The van der Waals surface area contributed by atoms with Crippen LogP contribution in [-0.2, 0) is 12.7 Å². The number of hydrogen-bond acceptors (Lipinski definition) is 8. The van der Waals surface area contributed by atoms with Gasteiger partial charge in [-0.2, -0.15) is 18.2 Å². The second-order valence-electron chi connectivity index (χ2n) is 9.95. The minimum absolute atomic E-state index is 0.0256. The number of piperazine rings is 1. The summed E-state index contributed by atoms with van der Waals surface area (Å²) in [6.45, 7) is 8.65. The zero-order valence-electron chi connectivity index (χ0n) is 22.6. The van der Waals surface area contributed by atoms with Crippen LogP contribution in [0.5, 0.6) is 17.4 Å². The molecule has 9 nitrogen and oxygen atoms in total. The molecule has 2 aliphatic heterocycles. The van der Waals surface area contributed by atoms with Crippen molar-refractivity contribution in [2.75, 3.05) is 49.9 Å². The zero-order chi connectivity index (χ0) is 29.1. The molecule has 13 heteroatoms. The topological polar surface area (TPSA) is 91.9 Å². The molecule has 1 aromatic heterocycles. The Morgan fingerprint density at radius 1 is 1.15 bits per heavy atom. The highest BCUT2D eigenvalue weighted by atomic mass is 35.5. The fourth-order valence-electron chi connectivity index (χ4n) is 4.74. The molecule has 218 valence electrons. The lowest BCUT2D eigenvalue weighted by atomic mass is 10.0. The number of fused-ring (bicyclic) bond motifs is 1. The number of hydrogen-bond donors (Lipinski definition) is 2. The lowest BCUT2D eigenvalue weighted by Gasteiger charge is -2.34. The average molecular weight is 591 g/mol. The van der Waals surface area contributed by atoms with Gasteiger partial charge in [-0.1, -0.05) is 24.6 Å². The SMILES string of the molecule is CCN1CCN(Cc2ccc(NC(=O)c3ccc(Cl)c(Oc4ncnc5c4OC(C)CN5)c3)cc2C(F)(F)F)CC1. The van der Waals surface area contributed by atoms with Crippen LogP contribution in [0.3, 0.4) is 0 Å². The van der Waals surface area contributed by atoms with Gasteiger partial charge in [-0.25, -0.2) is 4.98 Å². The number of anilines is 2. The van der Waals surface area contributed by atoms with Gasteiger partial charge in [0.25, 0.3) is 11.8 Å². The average Bonchev–Trinajstić information content (AvgIpc) is 2.95. The summed E-state index contributed by atoms with van der Waals surface area (Å²) in [7, 11) is 0. The first kappa shape index (κ1) is 28.9. The summed E-state index contributed by atoms with van der Waals surface area (Å²) in [5.41, 5.74) is -0.449. The fourth-order valence-corrected chi connectivity index (χ4v) is 4.89. The molecule has 1 amide bonds. The Hall–Kier alpha value is -3.61. The van der Waals surface area contributed by atoms with E-state index in [0.717, 1.165) is 25.7 Å². The maximum atomic E-state index is 14.0. The molecular weight excluding hydrogens is 561 g/mol. The number of benzene rings is 2. The molecule has 1 saturated heterocycles. The minimum Gasteiger partial charge on any atom is -0.480 e. The molecule has 1 unspecified atom stereocenters. The van der Waals surface area contributed by atoms with Gasteiger partial charge in [-0.05, 0) is 49.4 Å². The minimum atomic E-state index is -4.58. The summed E-state index contributed by atoms with van der Waals surface area (Å²) in [4.78, 5) is 25.6. The first-order valence-corrected chi connectivity index (χ1v) is 13.7. The zero-order valence-corrected chi connectivity index (χ0v) is 23.3. The van der Waals surface area contributed by atoms with E-state index in [9.17, 15) is 18.0 Å². The van der Waals surface area contributed by atoms with Gasteiger partial charge in [-0.15, -0.1) is 0 Å². The number of aromatic nitrogens is 2. The fraction of sp³-hybridized carbons (Fsp3) is 0.393. The molecule has 0 spiro atoms. The van der Waals surface area contributed by atoms with E-state index in [1.54, 1.807) is 0 Å². The van der Waals surface area contributed by atoms with Gasteiger partial charge in [-0.3, -0.25) is 9.69 Å². The van der Waals surface area contributed by atoms with Crippen molar-refractivity contribution in [2.45, 2.75) is 32.7 Å². The molecule has 3 heterocycles. The molecule has 41 heavy (non-hydrogen) atoms. The predicted molar refractivity (Wildman–Crippen MR) is 149 cm³/mol. The second kappa shape index (κ2) is 12.1. The summed E-state index contributed by atoms with van der Waals surface area (Å²) in [6, 6.07) is 8.19. The standard InChI is InChI=1S/C28H30ClF3N6O3/c1-3-37-8-10-38(11-9-37)15-19-4-6-20(13-21(19)28(30,31)32)36-26(39)18-5-7-22(29)23(12-18)41-27-24-25(34-16-35-27)33-14-17(2)40-24/h4-7,12-13,16-17H,3,8-11,14-15H2,1-2H3,(H,36,39)(H,33,34,35). The maximum Gasteiger partial charge on any atom is 0.416 e. The van der Waals surface area contributed by atoms with E-state index >= 15 is 0 Å². The predicted octanol–water partition coefficient (Wildman–Crippen LogP) is 5.52. The number of halogens is 4. The van der Waals surface area contributed by atoms with Crippen molar-refractivity contribution in [1.82, 2.24) is 19.8 Å². The van der Waals surface area contributed by atoms with Gasteiger partial charge in [0.2, 0.25) is 5.75 Å². The Morgan fingerprint density at radius 3 is 2.63 bits per heavy atom. The van der Waals surface area contributed by atoms with Crippen molar-refractivity contribution in [3.05, 3.63) is 64.4 Å². The van der Waals surface area contributed by atoms with Crippen molar-refractivity contribution in [2.24, 2.45) is 0 Å². The molecule has 0 saturated carbocycles. The van der Waals surface area contributed by atoms with E-state index < -0.39 is 17.6 Å². The Balaban J connectivity index is 1.32. The number of nitrogens with one attached hydrogen (secondary N) is 2. The van der Waals surface area contributed by atoms with Gasteiger partial charge in [0.15, 0.2) is 5.82 Å². The number of likely N-dealkylation sites (N-methyl/N-ethyl adjacent to an activating group) is 1. The number of nitrogens with zero attached hydrogens (tertiary/aromatic N) is 4. The normalized spacial score (nSPS) is 17.8. The van der Waals surface area contributed by atoms with Crippen molar-refractivity contribution in [3.63, 3.8) is 0 Å². The van der Waals surface area contributed by atoms with Crippen LogP contribution in [0.2, 0.25) is 5.02 Å².